The molecule has 2 aliphatic heterocycles. The second-order valence-corrected chi connectivity index (χ2v) is 10.3. The van der Waals surface area contributed by atoms with Gasteiger partial charge in [0.15, 0.2) is 0 Å². The molecule has 1 saturated carbocycles. The van der Waals surface area contributed by atoms with Crippen molar-refractivity contribution in [3.63, 3.8) is 0 Å². The zero-order valence-corrected chi connectivity index (χ0v) is 18.8. The predicted molar refractivity (Wildman–Crippen MR) is 127 cm³/mol. The molecule has 0 aromatic heterocycles. The van der Waals surface area contributed by atoms with Gasteiger partial charge >= 0.3 is 0 Å². The summed E-state index contributed by atoms with van der Waals surface area (Å²) in [6.07, 6.45) is 7.98. The maximum Gasteiger partial charge on any atom is 0.107 e. The molecule has 2 aromatic carbocycles. The molecular weight excluding hydrogens is 380 g/mol. The highest BCUT2D eigenvalue weighted by Gasteiger charge is 2.47. The molecule has 1 aliphatic carbocycles. The van der Waals surface area contributed by atoms with Crippen molar-refractivity contribution in [2.75, 3.05) is 39.3 Å². The van der Waals surface area contributed by atoms with Crippen molar-refractivity contribution >= 4 is 0 Å². The van der Waals surface area contributed by atoms with Crippen LogP contribution in [0.2, 0.25) is 0 Å². The molecule has 0 radical (unpaired) electrons. The first kappa shape index (κ1) is 21.2. The number of nitrogens with zero attached hydrogens (tertiary/aromatic N) is 2. The number of hydrogen-bond acceptors (Lipinski definition) is 3. The number of rotatable bonds is 6. The fraction of sp³-hybridized carbons (Fsp3) is 0.571. The van der Waals surface area contributed by atoms with E-state index in [4.69, 9.17) is 0 Å². The van der Waals surface area contributed by atoms with E-state index < -0.39 is 5.60 Å². The van der Waals surface area contributed by atoms with E-state index in [-0.39, 0.29) is 5.92 Å². The van der Waals surface area contributed by atoms with Crippen LogP contribution in [0.3, 0.4) is 0 Å². The lowest BCUT2D eigenvalue weighted by Crippen LogP contribution is -2.44. The smallest absolute Gasteiger partial charge is 0.107 e. The van der Waals surface area contributed by atoms with Gasteiger partial charge in [-0.2, -0.15) is 0 Å². The Morgan fingerprint density at radius 1 is 0.774 bits per heavy atom. The molecule has 2 unspecified atom stereocenters. The van der Waals surface area contributed by atoms with Crippen molar-refractivity contribution in [1.29, 1.82) is 0 Å². The summed E-state index contributed by atoms with van der Waals surface area (Å²) in [5.74, 6) is 1.80. The first-order valence-electron chi connectivity index (χ1n) is 12.5. The van der Waals surface area contributed by atoms with Gasteiger partial charge in [0.1, 0.15) is 5.60 Å². The quantitative estimate of drug-likeness (QED) is 0.725. The van der Waals surface area contributed by atoms with Crippen molar-refractivity contribution in [3.05, 3.63) is 71.8 Å². The average Bonchev–Trinajstić information content (AvgIpc) is 3.44. The first-order chi connectivity index (χ1) is 15.2. The summed E-state index contributed by atoms with van der Waals surface area (Å²) in [7, 11) is 0. The van der Waals surface area contributed by atoms with E-state index in [1.54, 1.807) is 0 Å². The SMILES string of the molecule is OC1(c2ccccc2)CN(CC2CCCC2)CC1CN1CCC(c2ccccc2)CC1. The molecule has 166 valence electrons. The van der Waals surface area contributed by atoms with Gasteiger partial charge < -0.3 is 10.0 Å². The van der Waals surface area contributed by atoms with Crippen molar-refractivity contribution in [3.8, 4) is 0 Å². The van der Waals surface area contributed by atoms with E-state index in [2.05, 4.69) is 70.5 Å². The lowest BCUT2D eigenvalue weighted by molar-refractivity contribution is -0.00804. The minimum atomic E-state index is -0.726. The van der Waals surface area contributed by atoms with Crippen molar-refractivity contribution in [2.24, 2.45) is 11.8 Å². The highest BCUT2D eigenvalue weighted by molar-refractivity contribution is 5.26. The molecule has 3 fully saturated rings. The Labute approximate surface area is 188 Å². The van der Waals surface area contributed by atoms with Crippen molar-refractivity contribution < 1.29 is 5.11 Å². The van der Waals surface area contributed by atoms with Crippen LogP contribution in [0.1, 0.15) is 55.6 Å². The van der Waals surface area contributed by atoms with Crippen LogP contribution in [0, 0.1) is 11.8 Å². The molecule has 3 nitrogen and oxygen atoms in total. The topological polar surface area (TPSA) is 26.7 Å². The molecule has 2 atom stereocenters. The molecule has 2 heterocycles. The van der Waals surface area contributed by atoms with E-state index in [0.29, 0.717) is 5.92 Å². The number of hydrogen-bond donors (Lipinski definition) is 1. The van der Waals surface area contributed by atoms with Gasteiger partial charge in [-0.15, -0.1) is 0 Å². The third kappa shape index (κ3) is 4.74. The van der Waals surface area contributed by atoms with E-state index in [0.717, 1.165) is 44.2 Å². The van der Waals surface area contributed by atoms with Crippen molar-refractivity contribution in [1.82, 2.24) is 9.80 Å². The minimum absolute atomic E-state index is 0.282. The van der Waals surface area contributed by atoms with Gasteiger partial charge in [-0.1, -0.05) is 73.5 Å². The molecule has 2 aromatic rings. The second kappa shape index (κ2) is 9.44. The molecular formula is C28H38N2O. The van der Waals surface area contributed by atoms with E-state index in [1.807, 2.05) is 0 Å². The molecule has 2 saturated heterocycles. The average molecular weight is 419 g/mol. The van der Waals surface area contributed by atoms with Gasteiger partial charge in [0, 0.05) is 32.1 Å². The fourth-order valence-electron chi connectivity index (χ4n) is 6.44. The monoisotopic (exact) mass is 418 g/mol. The van der Waals surface area contributed by atoms with Crippen LogP contribution in [0.5, 0.6) is 0 Å². The number of piperidine rings is 1. The van der Waals surface area contributed by atoms with Crippen LogP contribution in [0.4, 0.5) is 0 Å². The van der Waals surface area contributed by atoms with Gasteiger partial charge in [-0.25, -0.2) is 0 Å². The molecule has 1 N–H and O–H groups in total. The van der Waals surface area contributed by atoms with Gasteiger partial charge in [0.25, 0.3) is 0 Å². The molecule has 5 rings (SSSR count). The summed E-state index contributed by atoms with van der Waals surface area (Å²) in [5.41, 5.74) is 1.87. The number of β-amino-alcohol motifs (C(OH)–C–C–N with tert-alkyl or cyclic N) is 1. The van der Waals surface area contributed by atoms with E-state index in [9.17, 15) is 5.11 Å². The standard InChI is InChI=1S/C28H38N2O/c31-28(26-13-5-2-6-14-26)22-30(19-23-9-7-8-10-23)21-27(28)20-29-17-15-25(16-18-29)24-11-3-1-4-12-24/h1-6,11-14,23,25,27,31H,7-10,15-22H2. The Morgan fingerprint density at radius 3 is 2.10 bits per heavy atom. The summed E-state index contributed by atoms with van der Waals surface area (Å²) in [6, 6.07) is 21.5. The lowest BCUT2D eigenvalue weighted by atomic mass is 9.83. The van der Waals surface area contributed by atoms with E-state index >= 15 is 0 Å². The molecule has 0 amide bonds. The molecule has 0 spiro atoms. The Kier molecular flexibility index (Phi) is 6.45. The van der Waals surface area contributed by atoms with Crippen LogP contribution < -0.4 is 0 Å². The minimum Gasteiger partial charge on any atom is -0.383 e. The number of likely N-dealkylation sites (tertiary alicyclic amines) is 2. The molecule has 3 heteroatoms. The van der Waals surface area contributed by atoms with Gasteiger partial charge in [-0.05, 0) is 61.7 Å². The number of aliphatic hydroxyl groups is 1. The summed E-state index contributed by atoms with van der Waals surface area (Å²) in [4.78, 5) is 5.20. The summed E-state index contributed by atoms with van der Waals surface area (Å²) in [5, 5.41) is 12.0. The van der Waals surface area contributed by atoms with Gasteiger partial charge in [0.2, 0.25) is 0 Å². The van der Waals surface area contributed by atoms with Crippen LogP contribution >= 0.6 is 0 Å². The Morgan fingerprint density at radius 2 is 1.42 bits per heavy atom. The fourth-order valence-corrected chi connectivity index (χ4v) is 6.44. The Hall–Kier alpha value is -1.68. The third-order valence-electron chi connectivity index (χ3n) is 8.22. The maximum atomic E-state index is 12.0. The Bertz CT molecular complexity index is 811. The molecule has 0 bridgehead atoms. The van der Waals surface area contributed by atoms with Crippen molar-refractivity contribution in [2.45, 2.75) is 50.0 Å². The van der Waals surface area contributed by atoms with Gasteiger partial charge in [0.05, 0.1) is 0 Å². The maximum absolute atomic E-state index is 12.0. The normalized spacial score (nSPS) is 29.0. The highest BCUT2D eigenvalue weighted by Crippen LogP contribution is 2.40. The zero-order chi connectivity index (χ0) is 21.1. The zero-order valence-electron chi connectivity index (χ0n) is 18.8. The molecule has 3 aliphatic rings. The van der Waals surface area contributed by atoms with Gasteiger partial charge in [-0.3, -0.25) is 4.90 Å². The first-order valence-corrected chi connectivity index (χ1v) is 12.5. The lowest BCUT2D eigenvalue weighted by Gasteiger charge is -2.37. The number of benzene rings is 2. The van der Waals surface area contributed by atoms with Crippen LogP contribution in [-0.2, 0) is 5.60 Å². The summed E-state index contributed by atoms with van der Waals surface area (Å²) in [6.45, 7) is 6.28. The van der Waals surface area contributed by atoms with Crippen LogP contribution in [-0.4, -0.2) is 54.2 Å². The predicted octanol–water partition coefficient (Wildman–Crippen LogP) is 4.88. The second-order valence-electron chi connectivity index (χ2n) is 10.3. The summed E-state index contributed by atoms with van der Waals surface area (Å²) >= 11 is 0. The Balaban J connectivity index is 1.25. The largest absolute Gasteiger partial charge is 0.383 e. The third-order valence-corrected chi connectivity index (χ3v) is 8.22. The van der Waals surface area contributed by atoms with E-state index in [1.165, 1.54) is 50.6 Å². The highest BCUT2D eigenvalue weighted by atomic mass is 16.3. The van der Waals surface area contributed by atoms with Crippen LogP contribution in [0.25, 0.3) is 0 Å². The summed E-state index contributed by atoms with van der Waals surface area (Å²) < 4.78 is 0. The molecule has 31 heavy (non-hydrogen) atoms. The van der Waals surface area contributed by atoms with Crippen LogP contribution in [0.15, 0.2) is 60.7 Å².